The van der Waals surface area contributed by atoms with Crippen LogP contribution < -0.4 is 9.47 Å². The highest BCUT2D eigenvalue weighted by Gasteiger charge is 2.24. The fraction of sp³-hybridized carbons (Fsp3) is 0.467. The molecule has 21 heavy (non-hydrogen) atoms. The molecule has 0 aromatic heterocycles. The third-order valence-corrected chi connectivity index (χ3v) is 3.59. The van der Waals surface area contributed by atoms with Gasteiger partial charge in [0.15, 0.2) is 0 Å². The van der Waals surface area contributed by atoms with Crippen molar-refractivity contribution in [1.29, 1.82) is 5.26 Å². The number of rotatable bonds is 4. The van der Waals surface area contributed by atoms with Crippen LogP contribution >= 0.6 is 0 Å². The van der Waals surface area contributed by atoms with Crippen molar-refractivity contribution in [2.24, 2.45) is 0 Å². The van der Waals surface area contributed by atoms with E-state index in [1.165, 1.54) is 7.11 Å². The summed E-state index contributed by atoms with van der Waals surface area (Å²) in [6, 6.07) is 7.32. The third kappa shape index (κ3) is 3.44. The van der Waals surface area contributed by atoms with Crippen LogP contribution in [-0.2, 0) is 0 Å². The molecule has 1 aliphatic heterocycles. The summed E-state index contributed by atoms with van der Waals surface area (Å²) in [6.07, 6.45) is 0. The lowest BCUT2D eigenvalue weighted by Gasteiger charge is -2.33. The van der Waals surface area contributed by atoms with Crippen LogP contribution in [0.4, 0.5) is 0 Å². The van der Waals surface area contributed by atoms with Crippen molar-refractivity contribution in [1.82, 2.24) is 9.80 Å². The van der Waals surface area contributed by atoms with Crippen LogP contribution in [0.3, 0.4) is 0 Å². The van der Waals surface area contributed by atoms with Gasteiger partial charge in [0.1, 0.15) is 11.5 Å². The second kappa shape index (κ2) is 6.95. The fourth-order valence-corrected chi connectivity index (χ4v) is 2.35. The maximum absolute atomic E-state index is 12.6. The topological polar surface area (TPSA) is 65.8 Å². The number of nitriles is 1. The first-order valence-electron chi connectivity index (χ1n) is 6.80. The van der Waals surface area contributed by atoms with E-state index in [4.69, 9.17) is 14.7 Å². The second-order valence-corrected chi connectivity index (χ2v) is 4.79. The molecule has 2 rings (SSSR count). The number of methoxy groups -OCH3 is 2. The van der Waals surface area contributed by atoms with Gasteiger partial charge in [-0.1, -0.05) is 0 Å². The van der Waals surface area contributed by atoms with Crippen molar-refractivity contribution in [2.45, 2.75) is 0 Å². The lowest BCUT2D eigenvalue weighted by atomic mass is 10.1. The molecule has 1 aliphatic rings. The summed E-state index contributed by atoms with van der Waals surface area (Å²) in [5, 5.41) is 8.69. The summed E-state index contributed by atoms with van der Waals surface area (Å²) >= 11 is 0. The molecule has 1 fully saturated rings. The van der Waals surface area contributed by atoms with E-state index < -0.39 is 0 Å². The SMILES string of the molecule is COc1ccc(C(=O)N2CCN(CC#N)CC2)c(OC)c1. The molecule has 0 N–H and O–H groups in total. The molecule has 0 radical (unpaired) electrons. The van der Waals surface area contributed by atoms with Crippen molar-refractivity contribution < 1.29 is 14.3 Å². The Kier molecular flexibility index (Phi) is 5.01. The minimum absolute atomic E-state index is 0.0499. The molecule has 0 spiro atoms. The number of hydrogen-bond acceptors (Lipinski definition) is 5. The number of amides is 1. The van der Waals surface area contributed by atoms with Gasteiger partial charge < -0.3 is 14.4 Å². The number of benzene rings is 1. The van der Waals surface area contributed by atoms with Crippen LogP contribution in [0.5, 0.6) is 11.5 Å². The Hall–Kier alpha value is -2.26. The molecular formula is C15H19N3O3. The van der Waals surface area contributed by atoms with Gasteiger partial charge in [0.2, 0.25) is 0 Å². The van der Waals surface area contributed by atoms with Crippen molar-refractivity contribution in [2.75, 3.05) is 46.9 Å². The number of piperazine rings is 1. The Balaban J connectivity index is 2.09. The molecule has 1 saturated heterocycles. The first kappa shape index (κ1) is 15.1. The zero-order valence-electron chi connectivity index (χ0n) is 12.3. The van der Waals surface area contributed by atoms with Crippen LogP contribution in [0.2, 0.25) is 0 Å². The van der Waals surface area contributed by atoms with Gasteiger partial charge >= 0.3 is 0 Å². The Bertz CT molecular complexity index is 546. The zero-order valence-corrected chi connectivity index (χ0v) is 12.3. The molecule has 1 amide bonds. The summed E-state index contributed by atoms with van der Waals surface area (Å²) in [5.74, 6) is 1.12. The molecule has 6 nitrogen and oxygen atoms in total. The normalized spacial score (nSPS) is 15.4. The molecule has 0 atom stereocenters. The molecule has 0 bridgehead atoms. The summed E-state index contributed by atoms with van der Waals surface area (Å²) < 4.78 is 10.4. The van der Waals surface area contributed by atoms with Crippen LogP contribution in [0.1, 0.15) is 10.4 Å². The van der Waals surface area contributed by atoms with Crippen molar-refractivity contribution in [3.05, 3.63) is 23.8 Å². The fourth-order valence-electron chi connectivity index (χ4n) is 2.35. The summed E-state index contributed by atoms with van der Waals surface area (Å²) in [4.78, 5) is 16.4. The molecule has 0 unspecified atom stereocenters. The molecule has 0 aliphatic carbocycles. The van der Waals surface area contributed by atoms with E-state index in [2.05, 4.69) is 6.07 Å². The predicted octanol–water partition coefficient (Wildman–Crippen LogP) is 0.985. The minimum atomic E-state index is -0.0499. The van der Waals surface area contributed by atoms with E-state index in [0.29, 0.717) is 36.7 Å². The van der Waals surface area contributed by atoms with Crippen molar-refractivity contribution >= 4 is 5.91 Å². The van der Waals surface area contributed by atoms with Gasteiger partial charge in [-0.05, 0) is 12.1 Å². The van der Waals surface area contributed by atoms with Crippen LogP contribution in [-0.4, -0.2) is 62.7 Å². The highest BCUT2D eigenvalue weighted by molar-refractivity contribution is 5.97. The molecule has 6 heteroatoms. The van der Waals surface area contributed by atoms with Crippen LogP contribution in [0, 0.1) is 11.3 Å². The monoisotopic (exact) mass is 289 g/mol. The van der Waals surface area contributed by atoms with Crippen molar-refractivity contribution in [3.63, 3.8) is 0 Å². The lowest BCUT2D eigenvalue weighted by molar-refractivity contribution is 0.0648. The average molecular weight is 289 g/mol. The second-order valence-electron chi connectivity index (χ2n) is 4.79. The number of carbonyl (C=O) groups is 1. The summed E-state index contributed by atoms with van der Waals surface area (Å²) in [6.45, 7) is 3.09. The van der Waals surface area contributed by atoms with Gasteiger partial charge in [0, 0.05) is 32.2 Å². The molecule has 112 valence electrons. The Morgan fingerprint density at radius 3 is 2.52 bits per heavy atom. The van der Waals surface area contributed by atoms with Gasteiger partial charge in [-0.2, -0.15) is 5.26 Å². The van der Waals surface area contributed by atoms with Gasteiger partial charge in [0.05, 0.1) is 32.4 Å². The third-order valence-electron chi connectivity index (χ3n) is 3.59. The van der Waals surface area contributed by atoms with Gasteiger partial charge in [-0.15, -0.1) is 0 Å². The Labute approximate surface area is 124 Å². The maximum atomic E-state index is 12.6. The largest absolute Gasteiger partial charge is 0.497 e. The number of ether oxygens (including phenoxy) is 2. The predicted molar refractivity (Wildman–Crippen MR) is 77.5 cm³/mol. The van der Waals surface area contributed by atoms with Gasteiger partial charge in [-0.25, -0.2) is 0 Å². The first-order valence-corrected chi connectivity index (χ1v) is 6.80. The van der Waals surface area contributed by atoms with Crippen LogP contribution in [0.25, 0.3) is 0 Å². The number of nitrogens with zero attached hydrogens (tertiary/aromatic N) is 3. The quantitative estimate of drug-likeness (QED) is 0.773. The van der Waals surface area contributed by atoms with Crippen LogP contribution in [0.15, 0.2) is 18.2 Å². The van der Waals surface area contributed by atoms with E-state index in [-0.39, 0.29) is 5.91 Å². The Morgan fingerprint density at radius 2 is 1.95 bits per heavy atom. The molecule has 1 heterocycles. The van der Waals surface area contributed by atoms with Gasteiger partial charge in [-0.3, -0.25) is 9.69 Å². The van der Waals surface area contributed by atoms with E-state index in [1.54, 1.807) is 30.2 Å². The molecule has 1 aromatic carbocycles. The maximum Gasteiger partial charge on any atom is 0.257 e. The summed E-state index contributed by atoms with van der Waals surface area (Å²) in [7, 11) is 3.11. The first-order chi connectivity index (χ1) is 10.2. The number of carbonyl (C=O) groups excluding carboxylic acids is 1. The molecular weight excluding hydrogens is 270 g/mol. The highest BCUT2D eigenvalue weighted by atomic mass is 16.5. The standard InChI is InChI=1S/C15H19N3O3/c1-20-12-3-4-13(14(11-12)21-2)15(19)18-9-7-17(6-5-16)8-10-18/h3-4,11H,6-10H2,1-2H3. The minimum Gasteiger partial charge on any atom is -0.497 e. The molecule has 0 saturated carbocycles. The van der Waals surface area contributed by atoms with E-state index in [1.807, 2.05) is 4.90 Å². The van der Waals surface area contributed by atoms with E-state index in [0.717, 1.165) is 13.1 Å². The van der Waals surface area contributed by atoms with E-state index >= 15 is 0 Å². The van der Waals surface area contributed by atoms with E-state index in [9.17, 15) is 4.79 Å². The smallest absolute Gasteiger partial charge is 0.257 e. The van der Waals surface area contributed by atoms with Crippen molar-refractivity contribution in [3.8, 4) is 17.6 Å². The summed E-state index contributed by atoms with van der Waals surface area (Å²) in [5.41, 5.74) is 0.534. The highest BCUT2D eigenvalue weighted by Crippen LogP contribution is 2.26. The molecule has 1 aromatic rings. The van der Waals surface area contributed by atoms with Gasteiger partial charge in [0.25, 0.3) is 5.91 Å². The number of hydrogen-bond donors (Lipinski definition) is 0. The zero-order chi connectivity index (χ0) is 15.2. The Morgan fingerprint density at radius 1 is 1.24 bits per heavy atom. The lowest BCUT2D eigenvalue weighted by Crippen LogP contribution is -2.48. The average Bonchev–Trinajstić information content (AvgIpc) is 2.54.